The van der Waals surface area contributed by atoms with E-state index < -0.39 is 5.97 Å². The Morgan fingerprint density at radius 1 is 1.37 bits per heavy atom. The zero-order valence-electron chi connectivity index (χ0n) is 10.1. The number of methoxy groups -OCH3 is 1. The molecule has 0 unspecified atom stereocenters. The van der Waals surface area contributed by atoms with E-state index in [1.165, 1.54) is 13.2 Å². The van der Waals surface area contributed by atoms with Gasteiger partial charge in [0.1, 0.15) is 12.1 Å². The lowest BCUT2D eigenvalue weighted by Gasteiger charge is -2.04. The maximum absolute atomic E-state index is 11.0. The lowest BCUT2D eigenvalue weighted by molar-refractivity contribution is -0.134. The monoisotopic (exact) mass is 254 g/mol. The minimum Gasteiger partial charge on any atom is -0.466 e. The SMILES string of the molecule is COC(=O)C=Cc1ccccc1NN=C(C#N)C#N. The molecule has 1 rings (SSSR count). The summed E-state index contributed by atoms with van der Waals surface area (Å²) in [7, 11) is 1.28. The van der Waals surface area contributed by atoms with Gasteiger partial charge in [0.25, 0.3) is 0 Å². The van der Waals surface area contributed by atoms with E-state index in [0.29, 0.717) is 11.3 Å². The fourth-order valence-electron chi connectivity index (χ4n) is 1.16. The fraction of sp³-hybridized carbons (Fsp3) is 0.0769. The van der Waals surface area contributed by atoms with Crippen LogP contribution < -0.4 is 5.43 Å². The molecule has 0 bridgehead atoms. The molecule has 6 nitrogen and oxygen atoms in total. The molecule has 0 aromatic heterocycles. The molecule has 0 amide bonds. The molecule has 0 spiro atoms. The molecule has 0 radical (unpaired) electrons. The summed E-state index contributed by atoms with van der Waals surface area (Å²) in [6, 6.07) is 10.3. The highest BCUT2D eigenvalue weighted by atomic mass is 16.5. The number of para-hydroxylation sites is 1. The maximum Gasteiger partial charge on any atom is 0.330 e. The fourth-order valence-corrected chi connectivity index (χ4v) is 1.16. The Balaban J connectivity index is 2.95. The molecule has 0 saturated carbocycles. The molecule has 6 heteroatoms. The normalized spacial score (nSPS) is 9.21. The zero-order chi connectivity index (χ0) is 14.1. The Morgan fingerprint density at radius 2 is 2.05 bits per heavy atom. The summed E-state index contributed by atoms with van der Waals surface area (Å²) in [4.78, 5) is 11.0. The van der Waals surface area contributed by atoms with E-state index in [4.69, 9.17) is 10.5 Å². The minimum atomic E-state index is -0.479. The number of carbonyl (C=O) groups is 1. The van der Waals surface area contributed by atoms with Gasteiger partial charge < -0.3 is 4.74 Å². The van der Waals surface area contributed by atoms with Crippen LogP contribution in [0.5, 0.6) is 0 Å². The Labute approximate surface area is 110 Å². The smallest absolute Gasteiger partial charge is 0.330 e. The third kappa shape index (κ3) is 4.33. The minimum absolute atomic E-state index is 0.285. The number of nitrogens with zero attached hydrogens (tertiary/aromatic N) is 3. The number of carbonyl (C=O) groups excluding carboxylic acids is 1. The standard InChI is InChI=1S/C13H10N4O2/c1-19-13(18)7-6-10-4-2-3-5-12(10)17-16-11(8-14)9-15/h2-7,17H,1H3. The first kappa shape index (κ1) is 13.9. The van der Waals surface area contributed by atoms with Crippen molar-refractivity contribution >= 4 is 23.4 Å². The average Bonchev–Trinajstić information content (AvgIpc) is 2.46. The van der Waals surface area contributed by atoms with Crippen LogP contribution in [0.4, 0.5) is 5.69 Å². The van der Waals surface area contributed by atoms with Gasteiger partial charge in [0.2, 0.25) is 5.71 Å². The third-order valence-corrected chi connectivity index (χ3v) is 2.06. The van der Waals surface area contributed by atoms with Crippen LogP contribution >= 0.6 is 0 Å². The zero-order valence-corrected chi connectivity index (χ0v) is 10.1. The first-order valence-corrected chi connectivity index (χ1v) is 5.20. The second kappa shape index (κ2) is 7.25. The van der Waals surface area contributed by atoms with Gasteiger partial charge in [0.05, 0.1) is 12.8 Å². The molecule has 1 aromatic carbocycles. The second-order valence-corrected chi connectivity index (χ2v) is 3.24. The number of benzene rings is 1. The van der Waals surface area contributed by atoms with Gasteiger partial charge in [-0.15, -0.1) is 0 Å². The van der Waals surface area contributed by atoms with Crippen LogP contribution in [0.2, 0.25) is 0 Å². The van der Waals surface area contributed by atoms with Crippen LogP contribution in [-0.4, -0.2) is 18.8 Å². The van der Waals surface area contributed by atoms with E-state index in [1.54, 1.807) is 42.5 Å². The van der Waals surface area contributed by atoms with Crippen LogP contribution in [0.1, 0.15) is 5.56 Å². The third-order valence-electron chi connectivity index (χ3n) is 2.06. The summed E-state index contributed by atoms with van der Waals surface area (Å²) in [6.45, 7) is 0. The predicted molar refractivity (Wildman–Crippen MR) is 69.8 cm³/mol. The first-order valence-electron chi connectivity index (χ1n) is 5.20. The Morgan fingerprint density at radius 3 is 2.68 bits per heavy atom. The summed E-state index contributed by atoms with van der Waals surface area (Å²) in [6.07, 6.45) is 2.81. The summed E-state index contributed by atoms with van der Waals surface area (Å²) in [5, 5.41) is 20.8. The summed E-state index contributed by atoms with van der Waals surface area (Å²) >= 11 is 0. The van der Waals surface area contributed by atoms with E-state index in [1.807, 2.05) is 0 Å². The Kier molecular flexibility index (Phi) is 5.32. The molecule has 0 heterocycles. The number of ether oxygens (including phenoxy) is 1. The lowest BCUT2D eigenvalue weighted by Crippen LogP contribution is -1.98. The highest BCUT2D eigenvalue weighted by Crippen LogP contribution is 2.16. The second-order valence-electron chi connectivity index (χ2n) is 3.24. The van der Waals surface area contributed by atoms with Crippen molar-refractivity contribution in [3.8, 4) is 12.1 Å². The van der Waals surface area contributed by atoms with Gasteiger partial charge in [-0.05, 0) is 17.7 Å². The van der Waals surface area contributed by atoms with Crippen LogP contribution in [-0.2, 0) is 9.53 Å². The van der Waals surface area contributed by atoms with Crippen molar-refractivity contribution in [3.63, 3.8) is 0 Å². The average molecular weight is 254 g/mol. The number of hydrogen-bond donors (Lipinski definition) is 1. The highest BCUT2D eigenvalue weighted by molar-refractivity contribution is 6.10. The van der Waals surface area contributed by atoms with E-state index in [0.717, 1.165) is 0 Å². The summed E-state index contributed by atoms with van der Waals surface area (Å²) < 4.78 is 4.48. The number of nitrogens with one attached hydrogen (secondary N) is 1. The van der Waals surface area contributed by atoms with Crippen molar-refractivity contribution in [1.29, 1.82) is 10.5 Å². The molecule has 0 aliphatic rings. The molecular formula is C13H10N4O2. The number of anilines is 1. The van der Waals surface area contributed by atoms with Crippen molar-refractivity contribution < 1.29 is 9.53 Å². The van der Waals surface area contributed by atoms with E-state index in [9.17, 15) is 4.79 Å². The van der Waals surface area contributed by atoms with Crippen LogP contribution in [0, 0.1) is 22.7 Å². The van der Waals surface area contributed by atoms with Gasteiger partial charge in [-0.3, -0.25) is 5.43 Å². The predicted octanol–water partition coefficient (Wildman–Crippen LogP) is 1.69. The number of hydrogen-bond acceptors (Lipinski definition) is 6. The number of rotatable bonds is 4. The lowest BCUT2D eigenvalue weighted by atomic mass is 10.1. The van der Waals surface area contributed by atoms with Crippen molar-refractivity contribution in [2.24, 2.45) is 5.10 Å². The molecule has 0 aliphatic heterocycles. The molecule has 0 aliphatic carbocycles. The molecule has 1 N–H and O–H groups in total. The summed E-state index contributed by atoms with van der Waals surface area (Å²) in [5.41, 5.74) is 3.54. The maximum atomic E-state index is 11.0. The molecule has 19 heavy (non-hydrogen) atoms. The van der Waals surface area contributed by atoms with Gasteiger partial charge in [-0.2, -0.15) is 15.6 Å². The van der Waals surface area contributed by atoms with E-state index in [2.05, 4.69) is 15.3 Å². The summed E-state index contributed by atoms with van der Waals surface area (Å²) in [5.74, 6) is -0.479. The van der Waals surface area contributed by atoms with Crippen molar-refractivity contribution in [3.05, 3.63) is 35.9 Å². The highest BCUT2D eigenvalue weighted by Gasteiger charge is 2.00. The largest absolute Gasteiger partial charge is 0.466 e. The van der Waals surface area contributed by atoms with Crippen LogP contribution in [0.15, 0.2) is 35.4 Å². The molecular weight excluding hydrogens is 244 g/mol. The molecule has 94 valence electrons. The number of esters is 1. The van der Waals surface area contributed by atoms with Gasteiger partial charge in [-0.1, -0.05) is 18.2 Å². The van der Waals surface area contributed by atoms with Gasteiger partial charge in [0.15, 0.2) is 0 Å². The Bertz CT molecular complexity index is 590. The Hall–Kier alpha value is -3.12. The number of hydrazone groups is 1. The van der Waals surface area contributed by atoms with Crippen LogP contribution in [0.3, 0.4) is 0 Å². The molecule has 0 saturated heterocycles. The topological polar surface area (TPSA) is 98.3 Å². The molecule has 1 aromatic rings. The van der Waals surface area contributed by atoms with Crippen molar-refractivity contribution in [2.45, 2.75) is 0 Å². The quantitative estimate of drug-likeness (QED) is 0.381. The van der Waals surface area contributed by atoms with E-state index >= 15 is 0 Å². The van der Waals surface area contributed by atoms with Crippen molar-refractivity contribution in [1.82, 2.24) is 0 Å². The van der Waals surface area contributed by atoms with Gasteiger partial charge >= 0.3 is 5.97 Å². The van der Waals surface area contributed by atoms with Gasteiger partial charge in [0, 0.05) is 6.08 Å². The van der Waals surface area contributed by atoms with E-state index in [-0.39, 0.29) is 5.71 Å². The molecule has 0 atom stereocenters. The van der Waals surface area contributed by atoms with Crippen molar-refractivity contribution in [2.75, 3.05) is 12.5 Å². The first-order chi connectivity index (χ1) is 9.21. The van der Waals surface area contributed by atoms with Gasteiger partial charge in [-0.25, -0.2) is 4.79 Å². The molecule has 0 fully saturated rings. The van der Waals surface area contributed by atoms with Crippen LogP contribution in [0.25, 0.3) is 6.08 Å². The number of nitriles is 2.